The van der Waals surface area contributed by atoms with Gasteiger partial charge in [0.2, 0.25) is 0 Å². The largest absolute Gasteiger partial charge is 0.416 e. The van der Waals surface area contributed by atoms with Crippen LogP contribution in [0.3, 0.4) is 0 Å². The van der Waals surface area contributed by atoms with Crippen LogP contribution in [0.2, 0.25) is 0 Å². The molecular weight excluding hydrogens is 365 g/mol. The first-order chi connectivity index (χ1) is 9.86. The number of alkyl halides is 3. The number of aryl methyl sites for hydroxylation is 1. The van der Waals surface area contributed by atoms with Gasteiger partial charge in [-0.15, -0.1) is 11.3 Å². The van der Waals surface area contributed by atoms with Crippen molar-refractivity contribution in [1.29, 1.82) is 0 Å². The lowest BCUT2D eigenvalue weighted by Crippen LogP contribution is -2.15. The average Bonchev–Trinajstić information content (AvgIpc) is 2.77. The van der Waals surface area contributed by atoms with E-state index in [1.54, 1.807) is 12.1 Å². The van der Waals surface area contributed by atoms with Crippen LogP contribution in [0, 0.1) is 0 Å². The number of hydrogen-bond donors (Lipinski definition) is 1. The standard InChI is InChI=1S/C14H12BrF3N2S/c15-7-4-5-8(10(6-7)14(16,17)18)9-2-1-3-11-12(9)21-13(19)20-11/h4-6,9H,1-3H2,(H2,19,20). The summed E-state index contributed by atoms with van der Waals surface area (Å²) >= 11 is 4.42. The minimum Gasteiger partial charge on any atom is -0.375 e. The summed E-state index contributed by atoms with van der Waals surface area (Å²) in [4.78, 5) is 5.12. The van der Waals surface area contributed by atoms with Crippen LogP contribution in [0.15, 0.2) is 22.7 Å². The number of rotatable bonds is 1. The molecular formula is C14H12BrF3N2S. The maximum Gasteiger partial charge on any atom is 0.416 e. The molecule has 0 fully saturated rings. The molecule has 0 radical (unpaired) electrons. The topological polar surface area (TPSA) is 38.9 Å². The Kier molecular flexibility index (Phi) is 3.73. The second kappa shape index (κ2) is 5.28. The fourth-order valence-electron chi connectivity index (χ4n) is 2.81. The van der Waals surface area contributed by atoms with Crippen molar-refractivity contribution in [2.45, 2.75) is 31.4 Å². The van der Waals surface area contributed by atoms with Gasteiger partial charge in [0, 0.05) is 15.3 Å². The van der Waals surface area contributed by atoms with Gasteiger partial charge in [-0.05, 0) is 37.0 Å². The number of hydrogen-bond acceptors (Lipinski definition) is 3. The second-order valence-corrected chi connectivity index (χ2v) is 7.02. The smallest absolute Gasteiger partial charge is 0.375 e. The minimum absolute atomic E-state index is 0.270. The van der Waals surface area contributed by atoms with Gasteiger partial charge in [0.15, 0.2) is 5.13 Å². The molecule has 1 heterocycles. The van der Waals surface area contributed by atoms with Gasteiger partial charge < -0.3 is 5.73 Å². The highest BCUT2D eigenvalue weighted by molar-refractivity contribution is 9.10. The summed E-state index contributed by atoms with van der Waals surface area (Å²) in [5, 5.41) is 0.428. The third kappa shape index (κ3) is 2.81. The summed E-state index contributed by atoms with van der Waals surface area (Å²) in [6.45, 7) is 0. The molecule has 112 valence electrons. The quantitative estimate of drug-likeness (QED) is 0.762. The summed E-state index contributed by atoms with van der Waals surface area (Å²) in [5.41, 5.74) is 6.31. The zero-order valence-corrected chi connectivity index (χ0v) is 13.3. The highest BCUT2D eigenvalue weighted by atomic mass is 79.9. The fourth-order valence-corrected chi connectivity index (χ4v) is 4.21. The Morgan fingerprint density at radius 3 is 2.81 bits per heavy atom. The van der Waals surface area contributed by atoms with Gasteiger partial charge in [0.1, 0.15) is 0 Å². The molecule has 0 bridgehead atoms. The maximum absolute atomic E-state index is 13.3. The maximum atomic E-state index is 13.3. The Labute approximate surface area is 132 Å². The molecule has 1 atom stereocenters. The molecule has 0 amide bonds. The number of benzene rings is 1. The molecule has 1 aromatic heterocycles. The van der Waals surface area contributed by atoms with Gasteiger partial charge >= 0.3 is 6.18 Å². The van der Waals surface area contributed by atoms with Gasteiger partial charge in [-0.1, -0.05) is 22.0 Å². The van der Waals surface area contributed by atoms with E-state index in [4.69, 9.17) is 5.73 Å². The molecule has 2 nitrogen and oxygen atoms in total. The van der Waals surface area contributed by atoms with Crippen molar-refractivity contribution in [1.82, 2.24) is 4.98 Å². The van der Waals surface area contributed by atoms with Crippen LogP contribution in [-0.4, -0.2) is 4.98 Å². The Morgan fingerprint density at radius 2 is 2.10 bits per heavy atom. The van der Waals surface area contributed by atoms with Crippen molar-refractivity contribution in [3.05, 3.63) is 44.4 Å². The lowest BCUT2D eigenvalue weighted by atomic mass is 9.84. The van der Waals surface area contributed by atoms with Gasteiger partial charge in [0.05, 0.1) is 11.3 Å². The highest BCUT2D eigenvalue weighted by Crippen LogP contribution is 2.45. The van der Waals surface area contributed by atoms with E-state index in [2.05, 4.69) is 20.9 Å². The van der Waals surface area contributed by atoms with Crippen LogP contribution in [0.25, 0.3) is 0 Å². The fraction of sp³-hybridized carbons (Fsp3) is 0.357. The number of aromatic nitrogens is 1. The van der Waals surface area contributed by atoms with E-state index in [-0.39, 0.29) is 5.92 Å². The Balaban J connectivity index is 2.14. The van der Waals surface area contributed by atoms with Crippen LogP contribution >= 0.6 is 27.3 Å². The number of nitrogen functional groups attached to an aromatic ring is 1. The van der Waals surface area contributed by atoms with E-state index in [0.29, 0.717) is 21.6 Å². The molecule has 1 aliphatic carbocycles. The molecule has 0 spiro atoms. The van der Waals surface area contributed by atoms with Gasteiger partial charge in [0.25, 0.3) is 0 Å². The number of thiazole rings is 1. The SMILES string of the molecule is Nc1nc2c(s1)C(c1ccc(Br)cc1C(F)(F)F)CCC2. The van der Waals surface area contributed by atoms with Crippen molar-refractivity contribution < 1.29 is 13.2 Å². The average molecular weight is 377 g/mol. The van der Waals surface area contributed by atoms with E-state index in [1.807, 2.05) is 0 Å². The van der Waals surface area contributed by atoms with Gasteiger partial charge in [-0.2, -0.15) is 13.2 Å². The molecule has 1 aromatic carbocycles. The zero-order valence-electron chi connectivity index (χ0n) is 10.9. The lowest BCUT2D eigenvalue weighted by Gasteiger charge is -2.25. The molecule has 0 saturated carbocycles. The van der Waals surface area contributed by atoms with Crippen molar-refractivity contribution in [2.75, 3.05) is 5.73 Å². The molecule has 2 N–H and O–H groups in total. The van der Waals surface area contributed by atoms with Crippen LogP contribution in [0.4, 0.5) is 18.3 Å². The predicted octanol–water partition coefficient (Wildman–Crippen LogP) is 4.97. The second-order valence-electron chi connectivity index (χ2n) is 5.04. The number of anilines is 1. The monoisotopic (exact) mass is 376 g/mol. The summed E-state index contributed by atoms with van der Waals surface area (Å²) < 4.78 is 40.3. The van der Waals surface area contributed by atoms with Crippen molar-refractivity contribution in [3.63, 3.8) is 0 Å². The summed E-state index contributed by atoms with van der Waals surface area (Å²) in [5.74, 6) is -0.270. The predicted molar refractivity (Wildman–Crippen MR) is 80.5 cm³/mol. The summed E-state index contributed by atoms with van der Waals surface area (Å²) in [6, 6.07) is 4.36. The van der Waals surface area contributed by atoms with Crippen LogP contribution in [-0.2, 0) is 12.6 Å². The first-order valence-corrected chi connectivity index (χ1v) is 8.09. The van der Waals surface area contributed by atoms with Gasteiger partial charge in [-0.25, -0.2) is 4.98 Å². The Morgan fingerprint density at radius 1 is 1.33 bits per heavy atom. The zero-order chi connectivity index (χ0) is 15.2. The van der Waals surface area contributed by atoms with E-state index in [0.717, 1.165) is 29.5 Å². The normalized spacial score (nSPS) is 18.6. The first kappa shape index (κ1) is 14.8. The molecule has 0 aliphatic heterocycles. The van der Waals surface area contributed by atoms with E-state index in [1.165, 1.54) is 11.3 Å². The van der Waals surface area contributed by atoms with E-state index in [9.17, 15) is 13.2 Å². The molecule has 0 saturated heterocycles. The third-order valence-corrected chi connectivity index (χ3v) is 5.20. The molecule has 2 aromatic rings. The number of halogens is 4. The van der Waals surface area contributed by atoms with E-state index < -0.39 is 11.7 Å². The third-order valence-electron chi connectivity index (χ3n) is 3.66. The lowest BCUT2D eigenvalue weighted by molar-refractivity contribution is -0.138. The Hall–Kier alpha value is -1.08. The number of nitrogens with zero attached hydrogens (tertiary/aromatic N) is 1. The molecule has 7 heteroatoms. The van der Waals surface area contributed by atoms with Crippen molar-refractivity contribution in [2.24, 2.45) is 0 Å². The van der Waals surface area contributed by atoms with Crippen LogP contribution in [0.1, 0.15) is 40.5 Å². The van der Waals surface area contributed by atoms with Crippen molar-refractivity contribution in [3.8, 4) is 0 Å². The number of nitrogens with two attached hydrogens (primary N) is 1. The number of fused-ring (bicyclic) bond motifs is 1. The van der Waals surface area contributed by atoms with Crippen LogP contribution < -0.4 is 5.73 Å². The minimum atomic E-state index is -4.37. The molecule has 1 unspecified atom stereocenters. The Bertz CT molecular complexity index is 681. The summed E-state index contributed by atoms with van der Waals surface area (Å²) in [6.07, 6.45) is -2.06. The first-order valence-electron chi connectivity index (χ1n) is 6.48. The van der Waals surface area contributed by atoms with E-state index >= 15 is 0 Å². The molecule has 21 heavy (non-hydrogen) atoms. The van der Waals surface area contributed by atoms with Crippen LogP contribution in [0.5, 0.6) is 0 Å². The van der Waals surface area contributed by atoms with Crippen molar-refractivity contribution >= 4 is 32.4 Å². The highest BCUT2D eigenvalue weighted by Gasteiger charge is 2.37. The summed E-state index contributed by atoms with van der Waals surface area (Å²) in [7, 11) is 0. The van der Waals surface area contributed by atoms with Gasteiger partial charge in [-0.3, -0.25) is 0 Å². The molecule has 1 aliphatic rings. The molecule has 3 rings (SSSR count).